The van der Waals surface area contributed by atoms with Crippen molar-refractivity contribution in [2.24, 2.45) is 0 Å². The number of hydrogen-bond donors (Lipinski definition) is 0. The summed E-state index contributed by atoms with van der Waals surface area (Å²) in [6, 6.07) is 9.09. The summed E-state index contributed by atoms with van der Waals surface area (Å²) >= 11 is -5.19. The van der Waals surface area contributed by atoms with Gasteiger partial charge in [-0.15, -0.1) is 0 Å². The number of rotatable bonds is 6. The van der Waals surface area contributed by atoms with Gasteiger partial charge < -0.3 is 9.11 Å². The van der Waals surface area contributed by atoms with Crippen LogP contribution in [0.25, 0.3) is 43.3 Å². The van der Waals surface area contributed by atoms with E-state index in [-0.39, 0.29) is 62.4 Å². The molecule has 0 amide bonds. The van der Waals surface area contributed by atoms with Crippen molar-refractivity contribution < 1.29 is 34.4 Å². The van der Waals surface area contributed by atoms with Crippen LogP contribution in [0.5, 0.6) is 0 Å². The molecule has 3 aromatic carbocycles. The van der Waals surface area contributed by atoms with Gasteiger partial charge in [0, 0.05) is 34.5 Å². The van der Waals surface area contributed by atoms with E-state index < -0.39 is 68.8 Å². The third-order valence-corrected chi connectivity index (χ3v) is 11.3. The summed E-state index contributed by atoms with van der Waals surface area (Å²) in [7, 11) is -8.18. The minimum absolute atomic E-state index is 0.00733. The lowest BCUT2D eigenvalue weighted by Crippen LogP contribution is -2.25. The van der Waals surface area contributed by atoms with Crippen molar-refractivity contribution in [3.63, 3.8) is 0 Å². The molecule has 0 N–H and O–H groups in total. The highest BCUT2D eigenvalue weighted by atomic mass is 32.2. The van der Waals surface area contributed by atoms with Gasteiger partial charge in [0.15, 0.2) is 19.7 Å². The van der Waals surface area contributed by atoms with E-state index in [1.807, 2.05) is 12.1 Å². The molecule has 0 heterocycles. The van der Waals surface area contributed by atoms with Crippen molar-refractivity contribution in [1.82, 2.24) is 0 Å². The predicted octanol–water partition coefficient (Wildman–Crippen LogP) is 1.50. The predicted molar refractivity (Wildman–Crippen MR) is 165 cm³/mol. The summed E-state index contributed by atoms with van der Waals surface area (Å²) in [5.74, 6) is -1.03. The summed E-state index contributed by atoms with van der Waals surface area (Å²) in [6.07, 6.45) is 1.60. The summed E-state index contributed by atoms with van der Waals surface area (Å²) in [4.78, 5) is 5.89. The second-order valence-electron chi connectivity index (χ2n) is 10.6. The fourth-order valence-electron chi connectivity index (χ4n) is 6.18. The second kappa shape index (κ2) is 11.7. The van der Waals surface area contributed by atoms with E-state index in [2.05, 4.69) is 9.69 Å². The maximum atomic E-state index is 12.8. The molecule has 2 aliphatic rings. The zero-order valence-electron chi connectivity index (χ0n) is 23.8. The van der Waals surface area contributed by atoms with Crippen LogP contribution in [0, 0.1) is 35.8 Å². The lowest BCUT2D eigenvalue weighted by Gasteiger charge is -2.16. The molecule has 2 atom stereocenters. The van der Waals surface area contributed by atoms with Crippen molar-refractivity contribution in [3.05, 3.63) is 90.9 Å². The van der Waals surface area contributed by atoms with E-state index in [9.17, 15) is 44.9 Å². The summed E-state index contributed by atoms with van der Waals surface area (Å²) in [5.41, 5.74) is 2.08. The molecule has 12 nitrogen and oxygen atoms in total. The summed E-state index contributed by atoms with van der Waals surface area (Å²) < 4.78 is 97.7. The topological polar surface area (TPSA) is 205 Å². The molecule has 3 aromatic rings. The standard InChI is InChI=1S/C30H20N4O8S4/c1-33-23(11-31)29-22-7-16-9-25(45(3,39)40)26(46(4,41)42)10-20(16)28(22)30(24(12-32)34-2)21-6-15-5-17(13-43(35)36)18(14-44(37)38)8-19(15)27(21)29/h5,8-10H,6-7,13-14H2,3-4H3,(H,35,36)(H,37,38)/p-2/b29-23-,30-24+. The van der Waals surface area contributed by atoms with Crippen molar-refractivity contribution in [2.75, 3.05) is 12.5 Å². The summed E-state index contributed by atoms with van der Waals surface area (Å²) in [5, 5.41) is 20.4. The van der Waals surface area contributed by atoms with E-state index >= 15 is 0 Å². The van der Waals surface area contributed by atoms with Crippen LogP contribution in [0.15, 0.2) is 34.1 Å². The lowest BCUT2D eigenvalue weighted by molar-refractivity contribution is 0.532. The fraction of sp³-hybridized carbons (Fsp3) is 0.200. The average molecular weight is 691 g/mol. The molecule has 0 radical (unpaired) electrons. The molecule has 0 aromatic heterocycles. The van der Waals surface area contributed by atoms with E-state index in [4.69, 9.17) is 13.1 Å². The Morgan fingerprint density at radius 2 is 1.15 bits per heavy atom. The molecule has 0 spiro atoms. The number of fused-ring (bicyclic) bond motifs is 6. The molecule has 0 fully saturated rings. The van der Waals surface area contributed by atoms with E-state index in [0.717, 1.165) is 12.5 Å². The highest BCUT2D eigenvalue weighted by Crippen LogP contribution is 2.43. The van der Waals surface area contributed by atoms with Gasteiger partial charge in [-0.2, -0.15) is 0 Å². The maximum absolute atomic E-state index is 12.8. The van der Waals surface area contributed by atoms with Crippen LogP contribution in [-0.2, 0) is 66.2 Å². The maximum Gasteiger partial charge on any atom is 0.269 e. The molecular weight excluding hydrogens is 673 g/mol. The number of nitrogens with zero attached hydrogens (tertiary/aromatic N) is 4. The Kier molecular flexibility index (Phi) is 8.35. The van der Waals surface area contributed by atoms with Crippen molar-refractivity contribution in [1.29, 1.82) is 10.5 Å². The van der Waals surface area contributed by atoms with E-state index in [0.29, 0.717) is 22.3 Å². The number of sulfone groups is 2. The zero-order chi connectivity index (χ0) is 33.9. The third-order valence-electron chi connectivity index (χ3n) is 7.83. The van der Waals surface area contributed by atoms with Gasteiger partial charge in [-0.3, -0.25) is 8.42 Å². The van der Waals surface area contributed by atoms with Gasteiger partial charge in [-0.25, -0.2) is 37.0 Å². The van der Waals surface area contributed by atoms with Gasteiger partial charge in [-0.05, 0) is 86.7 Å². The molecule has 0 bridgehead atoms. The Labute approximate surface area is 269 Å². The molecule has 232 valence electrons. The smallest absolute Gasteiger partial charge is 0.269 e. The van der Waals surface area contributed by atoms with Gasteiger partial charge in [0.25, 0.3) is 11.4 Å². The van der Waals surface area contributed by atoms with Crippen LogP contribution in [0.1, 0.15) is 33.4 Å². The van der Waals surface area contributed by atoms with Crippen LogP contribution in [0.3, 0.4) is 0 Å². The number of hydrogen-bond acceptors (Lipinski definition) is 10. The molecule has 16 heteroatoms. The molecule has 0 saturated carbocycles. The monoisotopic (exact) mass is 690 g/mol. The van der Waals surface area contributed by atoms with Crippen LogP contribution < -0.4 is 10.4 Å². The minimum Gasteiger partial charge on any atom is -0.772 e. The molecule has 2 aliphatic carbocycles. The first-order valence-corrected chi connectivity index (χ1v) is 19.2. The molecule has 2 unspecified atom stereocenters. The van der Waals surface area contributed by atoms with E-state index in [1.165, 1.54) is 24.3 Å². The lowest BCUT2D eigenvalue weighted by atomic mass is 9.90. The first-order valence-electron chi connectivity index (χ1n) is 12.9. The van der Waals surface area contributed by atoms with Gasteiger partial charge in [0.2, 0.25) is 0 Å². The van der Waals surface area contributed by atoms with Crippen LogP contribution in [-0.4, -0.2) is 46.9 Å². The Bertz CT molecular complexity index is 2500. The number of nitriles is 2. The molecule has 5 rings (SSSR count). The Hall–Kier alpha value is -4.52. The quantitative estimate of drug-likeness (QED) is 0.185. The Morgan fingerprint density at radius 1 is 0.761 bits per heavy atom. The Morgan fingerprint density at radius 3 is 1.54 bits per heavy atom. The highest BCUT2D eigenvalue weighted by molar-refractivity contribution is 7.93. The molecule has 46 heavy (non-hydrogen) atoms. The molecule has 0 aliphatic heterocycles. The Balaban J connectivity index is 2.05. The first kappa shape index (κ1) is 32.9. The first-order chi connectivity index (χ1) is 21.5. The van der Waals surface area contributed by atoms with Crippen LogP contribution >= 0.6 is 0 Å². The van der Waals surface area contributed by atoms with Crippen LogP contribution in [0.2, 0.25) is 0 Å². The van der Waals surface area contributed by atoms with Crippen LogP contribution in [0.4, 0.5) is 0 Å². The fourth-order valence-corrected chi connectivity index (χ4v) is 9.67. The van der Waals surface area contributed by atoms with Crippen molar-refractivity contribution >= 4 is 53.2 Å². The van der Waals surface area contributed by atoms with Crippen molar-refractivity contribution in [2.45, 2.75) is 34.1 Å². The highest BCUT2D eigenvalue weighted by Gasteiger charge is 2.34. The molecule has 0 saturated heterocycles. The zero-order valence-corrected chi connectivity index (χ0v) is 27.1. The third kappa shape index (κ3) is 5.46. The van der Waals surface area contributed by atoms with Gasteiger partial charge in [-0.1, -0.05) is 28.2 Å². The second-order valence-corrected chi connectivity index (χ2v) is 16.4. The van der Waals surface area contributed by atoms with Gasteiger partial charge in [0.1, 0.15) is 0 Å². The largest absolute Gasteiger partial charge is 0.772 e. The normalized spacial score (nSPS) is 15.5. The van der Waals surface area contributed by atoms with E-state index in [1.54, 1.807) is 0 Å². The minimum atomic E-state index is -4.12. The number of benzene rings is 3. The molecular formula is C30H18N4O8S4-2. The van der Waals surface area contributed by atoms with Gasteiger partial charge in [0.05, 0.1) is 35.1 Å². The SMILES string of the molecule is [C-]#[N+]/C(C#N)=c1/c2c(/c(=C(\C#N)[N+]#[C-])c3c1-c1cc(CS(=O)[O-])c(CS(=O)[O-])cc1C3)-c1cc(S(C)(=O)=O)c(S(C)(=O)=O)cc1C2. The van der Waals surface area contributed by atoms with Gasteiger partial charge >= 0.3 is 0 Å². The summed E-state index contributed by atoms with van der Waals surface area (Å²) in [6.45, 7) is 15.6. The van der Waals surface area contributed by atoms with Crippen molar-refractivity contribution in [3.8, 4) is 34.4 Å². The average Bonchev–Trinajstić information content (AvgIpc) is 3.51.